The Morgan fingerprint density at radius 3 is 2.70 bits per heavy atom. The summed E-state index contributed by atoms with van der Waals surface area (Å²) in [7, 11) is 0. The zero-order chi connectivity index (χ0) is 15.8. The zero-order valence-electron chi connectivity index (χ0n) is 13.2. The van der Waals surface area contributed by atoms with Crippen molar-refractivity contribution < 1.29 is 4.79 Å². The fraction of sp³-hybridized carbons (Fsp3) is 0.263. The van der Waals surface area contributed by atoms with Crippen LogP contribution in [0.3, 0.4) is 0 Å². The minimum atomic E-state index is 0.160. The lowest BCUT2D eigenvalue weighted by Crippen LogP contribution is -2.32. The Morgan fingerprint density at radius 1 is 1.09 bits per heavy atom. The van der Waals surface area contributed by atoms with E-state index in [-0.39, 0.29) is 5.91 Å². The molecule has 2 heterocycles. The molecule has 1 aliphatic rings. The number of rotatable bonds is 2. The molecule has 0 unspecified atom stereocenters. The second kappa shape index (κ2) is 5.54. The van der Waals surface area contributed by atoms with E-state index in [9.17, 15) is 4.79 Å². The second-order valence-corrected chi connectivity index (χ2v) is 6.15. The summed E-state index contributed by atoms with van der Waals surface area (Å²) in [4.78, 5) is 19.3. The van der Waals surface area contributed by atoms with Crippen LogP contribution in [0.15, 0.2) is 48.5 Å². The lowest BCUT2D eigenvalue weighted by atomic mass is 10.1. The van der Waals surface area contributed by atoms with Gasteiger partial charge >= 0.3 is 0 Å². The van der Waals surface area contributed by atoms with Gasteiger partial charge in [0.25, 0.3) is 0 Å². The maximum Gasteiger partial charge on any atom is 0.242 e. The first-order valence-electron chi connectivity index (χ1n) is 7.98. The minimum Gasteiger partial charge on any atom is -0.336 e. The highest BCUT2D eigenvalue weighted by Crippen LogP contribution is 2.20. The van der Waals surface area contributed by atoms with E-state index in [4.69, 9.17) is 0 Å². The number of aryl methyl sites for hydroxylation is 1. The summed E-state index contributed by atoms with van der Waals surface area (Å²) in [5.74, 6) is 1.17. The number of aromatic nitrogens is 2. The van der Waals surface area contributed by atoms with Crippen molar-refractivity contribution in [2.45, 2.75) is 26.4 Å². The summed E-state index contributed by atoms with van der Waals surface area (Å²) in [5, 5.41) is 0. The molecule has 0 aliphatic carbocycles. The van der Waals surface area contributed by atoms with Crippen LogP contribution in [-0.4, -0.2) is 26.9 Å². The first kappa shape index (κ1) is 14.0. The van der Waals surface area contributed by atoms with E-state index in [0.29, 0.717) is 13.1 Å². The predicted octanol–water partition coefficient (Wildman–Crippen LogP) is 2.93. The van der Waals surface area contributed by atoms with Crippen LogP contribution in [0.25, 0.3) is 11.0 Å². The van der Waals surface area contributed by atoms with Crippen molar-refractivity contribution in [3.8, 4) is 0 Å². The van der Waals surface area contributed by atoms with Crippen molar-refractivity contribution >= 4 is 16.9 Å². The first-order chi connectivity index (χ1) is 11.2. The minimum absolute atomic E-state index is 0.160. The Labute approximate surface area is 135 Å². The van der Waals surface area contributed by atoms with Gasteiger partial charge in [0, 0.05) is 19.5 Å². The number of hydrogen-bond acceptors (Lipinski definition) is 2. The van der Waals surface area contributed by atoms with Crippen LogP contribution in [0.4, 0.5) is 0 Å². The van der Waals surface area contributed by atoms with Crippen LogP contribution in [0.2, 0.25) is 0 Å². The first-order valence-corrected chi connectivity index (χ1v) is 7.98. The van der Waals surface area contributed by atoms with Gasteiger partial charge in [-0.15, -0.1) is 0 Å². The SMILES string of the molecule is Cc1ccc(CN2CCc3nc4ccccc4n3CC2=O)cc1. The monoisotopic (exact) mass is 305 g/mol. The molecular formula is C19H19N3O. The molecule has 1 aliphatic heterocycles. The molecule has 0 N–H and O–H groups in total. The highest BCUT2D eigenvalue weighted by Gasteiger charge is 2.23. The van der Waals surface area contributed by atoms with Gasteiger partial charge in [0.15, 0.2) is 0 Å². The molecule has 0 atom stereocenters. The van der Waals surface area contributed by atoms with Gasteiger partial charge in [0.2, 0.25) is 5.91 Å². The van der Waals surface area contributed by atoms with E-state index in [2.05, 4.69) is 40.7 Å². The molecule has 0 radical (unpaired) electrons. The third-order valence-corrected chi connectivity index (χ3v) is 4.48. The second-order valence-electron chi connectivity index (χ2n) is 6.15. The topological polar surface area (TPSA) is 38.1 Å². The largest absolute Gasteiger partial charge is 0.336 e. The van der Waals surface area contributed by atoms with E-state index in [1.807, 2.05) is 29.2 Å². The summed E-state index contributed by atoms with van der Waals surface area (Å²) >= 11 is 0. The highest BCUT2D eigenvalue weighted by molar-refractivity contribution is 5.81. The van der Waals surface area contributed by atoms with E-state index >= 15 is 0 Å². The van der Waals surface area contributed by atoms with Crippen LogP contribution in [0.5, 0.6) is 0 Å². The van der Waals surface area contributed by atoms with E-state index in [1.54, 1.807) is 0 Å². The fourth-order valence-corrected chi connectivity index (χ4v) is 3.17. The molecule has 2 aromatic carbocycles. The van der Waals surface area contributed by atoms with E-state index in [0.717, 1.165) is 29.8 Å². The number of benzene rings is 2. The predicted molar refractivity (Wildman–Crippen MR) is 90.0 cm³/mol. The standard InChI is InChI=1S/C19H19N3O/c1-14-6-8-15(9-7-14)12-21-11-10-18-20-16-4-2-3-5-17(16)22(18)13-19(21)23/h2-9H,10-13H2,1H3. The van der Waals surface area contributed by atoms with Gasteiger partial charge in [-0.2, -0.15) is 0 Å². The summed E-state index contributed by atoms with van der Waals surface area (Å²) in [6.45, 7) is 3.84. The van der Waals surface area contributed by atoms with Gasteiger partial charge in [0.1, 0.15) is 12.4 Å². The molecule has 0 bridgehead atoms. The molecule has 4 heteroatoms. The number of nitrogens with zero attached hydrogens (tertiary/aromatic N) is 3. The number of carbonyl (C=O) groups excluding carboxylic acids is 1. The molecule has 1 aromatic heterocycles. The zero-order valence-corrected chi connectivity index (χ0v) is 13.2. The van der Waals surface area contributed by atoms with Gasteiger partial charge in [-0.1, -0.05) is 42.0 Å². The van der Waals surface area contributed by atoms with Gasteiger partial charge in [0.05, 0.1) is 11.0 Å². The van der Waals surface area contributed by atoms with Crippen LogP contribution >= 0.6 is 0 Å². The average Bonchev–Trinajstić information content (AvgIpc) is 2.83. The Hall–Kier alpha value is -2.62. The van der Waals surface area contributed by atoms with Gasteiger partial charge in [-0.05, 0) is 24.6 Å². The lowest BCUT2D eigenvalue weighted by molar-refractivity contribution is -0.131. The maximum absolute atomic E-state index is 12.7. The van der Waals surface area contributed by atoms with Crippen molar-refractivity contribution in [2.75, 3.05) is 6.54 Å². The van der Waals surface area contributed by atoms with Crippen molar-refractivity contribution in [1.82, 2.24) is 14.5 Å². The quantitative estimate of drug-likeness (QED) is 0.730. The number of imidazole rings is 1. The number of para-hydroxylation sites is 2. The lowest BCUT2D eigenvalue weighted by Gasteiger charge is -2.20. The van der Waals surface area contributed by atoms with Crippen LogP contribution in [0.1, 0.15) is 17.0 Å². The fourth-order valence-electron chi connectivity index (χ4n) is 3.17. The molecule has 4 nitrogen and oxygen atoms in total. The summed E-state index contributed by atoms with van der Waals surface area (Å²) in [5.41, 5.74) is 4.44. The van der Waals surface area contributed by atoms with E-state index in [1.165, 1.54) is 11.1 Å². The number of hydrogen-bond donors (Lipinski definition) is 0. The van der Waals surface area contributed by atoms with Crippen molar-refractivity contribution in [2.24, 2.45) is 0 Å². The third-order valence-electron chi connectivity index (χ3n) is 4.48. The Morgan fingerprint density at radius 2 is 1.87 bits per heavy atom. The van der Waals surface area contributed by atoms with Gasteiger partial charge in [-0.25, -0.2) is 4.98 Å². The van der Waals surface area contributed by atoms with Crippen molar-refractivity contribution in [3.63, 3.8) is 0 Å². The molecule has 1 amide bonds. The van der Waals surface area contributed by atoms with Crippen LogP contribution < -0.4 is 0 Å². The van der Waals surface area contributed by atoms with Gasteiger partial charge in [-0.3, -0.25) is 4.79 Å². The maximum atomic E-state index is 12.7. The molecule has 0 saturated heterocycles. The molecule has 0 saturated carbocycles. The average molecular weight is 305 g/mol. The van der Waals surface area contributed by atoms with Crippen LogP contribution in [0, 0.1) is 6.92 Å². The number of carbonyl (C=O) groups is 1. The molecule has 116 valence electrons. The molecular weight excluding hydrogens is 286 g/mol. The van der Waals surface area contributed by atoms with Crippen molar-refractivity contribution in [1.29, 1.82) is 0 Å². The number of fused-ring (bicyclic) bond motifs is 3. The molecule has 0 spiro atoms. The Kier molecular flexibility index (Phi) is 3.37. The Balaban J connectivity index is 1.59. The summed E-state index contributed by atoms with van der Waals surface area (Å²) in [6.07, 6.45) is 0.798. The van der Waals surface area contributed by atoms with Crippen LogP contribution in [-0.2, 0) is 24.3 Å². The number of amides is 1. The third kappa shape index (κ3) is 2.61. The molecule has 3 aromatic rings. The molecule has 0 fully saturated rings. The van der Waals surface area contributed by atoms with E-state index < -0.39 is 0 Å². The molecule has 4 rings (SSSR count). The van der Waals surface area contributed by atoms with Crippen molar-refractivity contribution in [3.05, 3.63) is 65.5 Å². The smallest absolute Gasteiger partial charge is 0.242 e. The normalized spacial score (nSPS) is 14.8. The van der Waals surface area contributed by atoms with Gasteiger partial charge < -0.3 is 9.47 Å². The Bertz CT molecular complexity index is 864. The summed E-state index contributed by atoms with van der Waals surface area (Å²) in [6, 6.07) is 16.4. The molecule has 23 heavy (non-hydrogen) atoms. The summed E-state index contributed by atoms with van der Waals surface area (Å²) < 4.78 is 2.06. The highest BCUT2D eigenvalue weighted by atomic mass is 16.2.